The molecule has 148 valence electrons. The fourth-order valence-corrected chi connectivity index (χ4v) is 3.49. The fourth-order valence-electron chi connectivity index (χ4n) is 3.49. The van der Waals surface area contributed by atoms with E-state index >= 15 is 0 Å². The first-order valence-corrected chi connectivity index (χ1v) is 8.89. The summed E-state index contributed by atoms with van der Waals surface area (Å²) in [6.07, 6.45) is 0.703. The van der Waals surface area contributed by atoms with Crippen LogP contribution < -0.4 is 38.1 Å². The van der Waals surface area contributed by atoms with Gasteiger partial charge in [-0.25, -0.2) is 4.79 Å². The number of aromatic amines is 2. The van der Waals surface area contributed by atoms with Crippen molar-refractivity contribution in [3.05, 3.63) is 87.9 Å². The number of benzene rings is 1. The molecule has 29 heavy (non-hydrogen) atoms. The summed E-state index contributed by atoms with van der Waals surface area (Å²) in [6, 6.07) is 6.75. The molecule has 1 amide bonds. The summed E-state index contributed by atoms with van der Waals surface area (Å²) in [5, 5.41) is 2.65. The Bertz CT molecular complexity index is 1280. The smallest absolute Gasteiger partial charge is 0.326 e. The number of nitrogen functional groups attached to an aromatic ring is 1. The third-order valence-electron chi connectivity index (χ3n) is 4.98. The molecule has 0 saturated heterocycles. The van der Waals surface area contributed by atoms with E-state index in [1.165, 1.54) is 0 Å². The molecule has 1 aliphatic rings. The van der Waals surface area contributed by atoms with E-state index in [1.54, 1.807) is 4.90 Å². The number of fused-ring (bicyclic) bond motifs is 1. The first-order chi connectivity index (χ1) is 13.8. The van der Waals surface area contributed by atoms with E-state index in [9.17, 15) is 24.0 Å². The van der Waals surface area contributed by atoms with Crippen LogP contribution in [0.5, 0.6) is 0 Å². The zero-order chi connectivity index (χ0) is 20.7. The maximum absolute atomic E-state index is 12.2. The number of nitrogens with one attached hydrogen (secondary N) is 3. The topological polar surface area (TPSA) is 158 Å². The molecule has 1 aromatic heterocycles. The fraction of sp³-hybridized carbons (Fsp3) is 0.211. The largest absolute Gasteiger partial charge is 0.394 e. The minimum atomic E-state index is -0.755. The Balaban J connectivity index is 1.49. The Morgan fingerprint density at radius 3 is 2.59 bits per heavy atom. The van der Waals surface area contributed by atoms with Crippen LogP contribution in [0.15, 0.2) is 43.4 Å². The van der Waals surface area contributed by atoms with Crippen molar-refractivity contribution in [2.75, 3.05) is 17.2 Å². The average molecular weight is 395 g/mol. The highest BCUT2D eigenvalue weighted by Crippen LogP contribution is 2.26. The second-order valence-electron chi connectivity index (χ2n) is 6.88. The molecule has 0 aliphatic carbocycles. The molecule has 0 saturated carbocycles. The predicted molar refractivity (Wildman–Crippen MR) is 106 cm³/mol. The van der Waals surface area contributed by atoms with Gasteiger partial charge in [-0.1, -0.05) is 18.2 Å². The maximum Gasteiger partial charge on any atom is 0.326 e. The lowest BCUT2D eigenvalue weighted by molar-refractivity contribution is 0.0945. The number of hydrogen-bond acceptors (Lipinski definition) is 7. The van der Waals surface area contributed by atoms with Crippen molar-refractivity contribution < 1.29 is 4.79 Å². The van der Waals surface area contributed by atoms with Crippen molar-refractivity contribution in [2.45, 2.75) is 19.5 Å². The van der Waals surface area contributed by atoms with E-state index in [4.69, 9.17) is 5.73 Å². The highest BCUT2D eigenvalue weighted by atomic mass is 16.2. The summed E-state index contributed by atoms with van der Waals surface area (Å²) in [5.74, 6) is -0.580. The van der Waals surface area contributed by atoms with Crippen LogP contribution in [-0.2, 0) is 19.5 Å². The number of nitrogens with two attached hydrogens (primary N) is 1. The van der Waals surface area contributed by atoms with Gasteiger partial charge in [-0.15, -0.1) is 0 Å². The Morgan fingerprint density at radius 2 is 1.86 bits per heavy atom. The van der Waals surface area contributed by atoms with E-state index in [2.05, 4.69) is 10.3 Å². The molecule has 2 aromatic carbocycles. The number of hydrogen-bond donors (Lipinski definition) is 4. The number of amides is 1. The zero-order valence-electron chi connectivity index (χ0n) is 15.2. The van der Waals surface area contributed by atoms with Gasteiger partial charge in [-0.3, -0.25) is 24.2 Å². The number of anilines is 2. The van der Waals surface area contributed by atoms with Crippen LogP contribution >= 0.6 is 0 Å². The molecular weight excluding hydrogens is 378 g/mol. The van der Waals surface area contributed by atoms with Gasteiger partial charge in [0.05, 0.1) is 0 Å². The van der Waals surface area contributed by atoms with Crippen LogP contribution in [0.4, 0.5) is 11.4 Å². The number of carbonyl (C=O) groups excluding carboxylic acids is 1. The van der Waals surface area contributed by atoms with Crippen molar-refractivity contribution in [1.29, 1.82) is 0 Å². The minimum Gasteiger partial charge on any atom is -0.394 e. The number of aromatic nitrogens is 2. The average Bonchev–Trinajstić information content (AvgIpc) is 2.70. The van der Waals surface area contributed by atoms with E-state index < -0.39 is 28.0 Å². The lowest BCUT2D eigenvalue weighted by Crippen LogP contribution is -2.44. The summed E-state index contributed by atoms with van der Waals surface area (Å²) in [7, 11) is 0. The quantitative estimate of drug-likeness (QED) is 0.401. The van der Waals surface area contributed by atoms with Gasteiger partial charge >= 0.3 is 5.69 Å². The van der Waals surface area contributed by atoms with E-state index in [-0.39, 0.29) is 23.6 Å². The predicted octanol–water partition coefficient (Wildman–Crippen LogP) is -1.27. The molecule has 0 fully saturated rings. The number of nitrogens with zero attached hydrogens (tertiary/aromatic N) is 1. The van der Waals surface area contributed by atoms with Crippen LogP contribution in [0, 0.1) is 0 Å². The lowest BCUT2D eigenvalue weighted by atomic mass is 9.96. The van der Waals surface area contributed by atoms with Gasteiger partial charge in [0.2, 0.25) is 0 Å². The molecule has 0 bridgehead atoms. The summed E-state index contributed by atoms with van der Waals surface area (Å²) in [5.41, 5.74) is 6.11. The van der Waals surface area contributed by atoms with Crippen molar-refractivity contribution in [3.8, 4) is 0 Å². The molecule has 4 rings (SSSR count). The van der Waals surface area contributed by atoms with Crippen LogP contribution in [0.3, 0.4) is 0 Å². The second kappa shape index (κ2) is 6.89. The van der Waals surface area contributed by atoms with Gasteiger partial charge in [-0.2, -0.15) is 0 Å². The number of rotatable bonds is 4. The number of carbonyl (C=O) groups is 1. The van der Waals surface area contributed by atoms with Gasteiger partial charge in [0, 0.05) is 25.7 Å². The third-order valence-corrected chi connectivity index (χ3v) is 4.98. The highest BCUT2D eigenvalue weighted by Gasteiger charge is 2.26. The van der Waals surface area contributed by atoms with Crippen molar-refractivity contribution in [3.63, 3.8) is 0 Å². The lowest BCUT2D eigenvalue weighted by Gasteiger charge is -2.32. The minimum absolute atomic E-state index is 0.00806. The molecule has 10 nitrogen and oxygen atoms in total. The molecule has 0 spiro atoms. The third kappa shape index (κ3) is 3.35. The molecule has 0 unspecified atom stereocenters. The van der Waals surface area contributed by atoms with E-state index in [0.29, 0.717) is 19.5 Å². The van der Waals surface area contributed by atoms with Crippen LogP contribution in [-0.4, -0.2) is 22.4 Å². The van der Waals surface area contributed by atoms with Crippen LogP contribution in [0.2, 0.25) is 0 Å². The van der Waals surface area contributed by atoms with E-state index in [0.717, 1.165) is 22.8 Å². The summed E-state index contributed by atoms with van der Waals surface area (Å²) >= 11 is 0. The monoisotopic (exact) mass is 395 g/mol. The first-order valence-electron chi connectivity index (χ1n) is 8.89. The highest BCUT2D eigenvalue weighted by molar-refractivity contribution is 5.91. The van der Waals surface area contributed by atoms with Gasteiger partial charge < -0.3 is 20.9 Å². The first kappa shape index (κ1) is 18.4. The van der Waals surface area contributed by atoms with Gasteiger partial charge in [0.25, 0.3) is 22.3 Å². The Morgan fingerprint density at radius 1 is 1.07 bits per heavy atom. The summed E-state index contributed by atoms with van der Waals surface area (Å²) < 4.78 is 0. The Hall–Kier alpha value is -3.95. The SMILES string of the molecule is Nc1c(N2CCc3ccc(CNC(=O)c4cc(=O)[nH]c(=O)[nH]4)cc3C2)c(=O)c1=O. The molecule has 1 aliphatic heterocycles. The maximum atomic E-state index is 12.2. The van der Waals surface area contributed by atoms with Crippen molar-refractivity contribution >= 4 is 17.3 Å². The second-order valence-corrected chi connectivity index (χ2v) is 6.88. The normalized spacial score (nSPS) is 13.3. The molecule has 3 aromatic rings. The Kier molecular flexibility index (Phi) is 4.38. The number of H-pyrrole nitrogens is 2. The zero-order valence-corrected chi connectivity index (χ0v) is 15.2. The molecule has 2 heterocycles. The van der Waals surface area contributed by atoms with E-state index in [1.807, 2.05) is 23.2 Å². The molecule has 0 radical (unpaired) electrons. The molecule has 10 heteroatoms. The standard InChI is InChI=1S/C19H17N5O5/c20-14-15(17(27)16(14)26)24-4-3-10-2-1-9(5-11(10)8-24)7-21-18(28)12-6-13(25)23-19(29)22-12/h1-2,5-6H,3-4,7-8,20H2,(H,21,28)(H2,22,23,25,29). The summed E-state index contributed by atoms with van der Waals surface area (Å²) in [4.78, 5) is 64.0. The molecule has 5 N–H and O–H groups in total. The van der Waals surface area contributed by atoms with Crippen LogP contribution in [0.1, 0.15) is 27.2 Å². The van der Waals surface area contributed by atoms with Gasteiger partial charge in [0.1, 0.15) is 17.1 Å². The molecular formula is C19H17N5O5. The van der Waals surface area contributed by atoms with Crippen molar-refractivity contribution in [2.24, 2.45) is 0 Å². The van der Waals surface area contributed by atoms with Gasteiger partial charge in [0.15, 0.2) is 0 Å². The van der Waals surface area contributed by atoms with Crippen LogP contribution in [0.25, 0.3) is 0 Å². The molecule has 0 atom stereocenters. The van der Waals surface area contributed by atoms with Gasteiger partial charge in [-0.05, 0) is 23.1 Å². The Labute approximate surface area is 162 Å². The van der Waals surface area contributed by atoms with Crippen molar-refractivity contribution in [1.82, 2.24) is 15.3 Å². The summed E-state index contributed by atoms with van der Waals surface area (Å²) in [6.45, 7) is 1.21.